The Kier molecular flexibility index (Phi) is 3.89. The van der Waals surface area contributed by atoms with Crippen LogP contribution in [0.1, 0.15) is 42.2 Å². The largest absolute Gasteiger partial charge is 0.289 e. The smallest absolute Gasteiger partial charge is 0.261 e. The number of amides is 2. The summed E-state index contributed by atoms with van der Waals surface area (Å²) in [5.74, 6) is -0.746. The zero-order chi connectivity index (χ0) is 18.1. The monoisotopic (exact) mass is 342 g/mol. The topological polar surface area (TPSA) is 67.3 Å². The lowest BCUT2D eigenvalue weighted by Crippen LogP contribution is -2.29. The van der Waals surface area contributed by atoms with Gasteiger partial charge in [-0.1, -0.05) is 30.3 Å². The maximum Gasteiger partial charge on any atom is 0.261 e. The molecule has 2 amide bonds. The van der Waals surface area contributed by atoms with Crippen LogP contribution in [0.4, 0.5) is 0 Å². The van der Waals surface area contributed by atoms with E-state index < -0.39 is 0 Å². The second-order valence-electron chi connectivity index (χ2n) is 6.01. The molecule has 0 atom stereocenters. The number of hydrogen-bond donors (Lipinski definition) is 0. The van der Waals surface area contributed by atoms with Gasteiger partial charge in [0.05, 0.1) is 17.7 Å². The van der Waals surface area contributed by atoms with Crippen LogP contribution in [0.3, 0.4) is 0 Å². The Morgan fingerprint density at radius 1 is 0.808 bits per heavy atom. The van der Waals surface area contributed by atoms with E-state index in [-0.39, 0.29) is 24.1 Å². The molecule has 0 bridgehead atoms. The Labute approximate surface area is 149 Å². The van der Waals surface area contributed by atoms with Crippen LogP contribution in [0.15, 0.2) is 73.1 Å². The van der Waals surface area contributed by atoms with E-state index in [1.807, 2.05) is 0 Å². The standard InChI is InChI=1S/C21H14N2O3/c24-19(15-8-10-22-11-9-15)16-5-3-4-14(12-16)13-23-20(25)17-6-1-2-7-18(17)21(23)26/h1-12H,13H2. The molecule has 0 unspecified atom stereocenters. The highest BCUT2D eigenvalue weighted by molar-refractivity contribution is 6.21. The van der Waals surface area contributed by atoms with Gasteiger partial charge in [-0.05, 0) is 35.9 Å². The Bertz CT molecular complexity index is 993. The molecule has 1 aliphatic rings. The lowest BCUT2D eigenvalue weighted by Gasteiger charge is -2.14. The number of rotatable bonds is 4. The van der Waals surface area contributed by atoms with Crippen LogP contribution in [0.2, 0.25) is 0 Å². The highest BCUT2D eigenvalue weighted by Gasteiger charge is 2.34. The first-order chi connectivity index (χ1) is 12.6. The zero-order valence-corrected chi connectivity index (χ0v) is 13.8. The van der Waals surface area contributed by atoms with Gasteiger partial charge >= 0.3 is 0 Å². The van der Waals surface area contributed by atoms with Crippen molar-refractivity contribution in [2.75, 3.05) is 0 Å². The average molecular weight is 342 g/mol. The number of ketones is 1. The van der Waals surface area contributed by atoms with Crippen LogP contribution in [-0.4, -0.2) is 27.5 Å². The average Bonchev–Trinajstić information content (AvgIpc) is 2.93. The van der Waals surface area contributed by atoms with Crippen LogP contribution < -0.4 is 0 Å². The molecule has 5 nitrogen and oxygen atoms in total. The van der Waals surface area contributed by atoms with Gasteiger partial charge in [-0.3, -0.25) is 24.3 Å². The van der Waals surface area contributed by atoms with Crippen LogP contribution >= 0.6 is 0 Å². The Morgan fingerprint density at radius 2 is 1.46 bits per heavy atom. The fraction of sp³-hybridized carbons (Fsp3) is 0.0476. The van der Waals surface area contributed by atoms with Crippen molar-refractivity contribution in [1.82, 2.24) is 9.88 Å². The molecule has 2 aromatic carbocycles. The molecule has 3 aromatic rings. The molecule has 1 aromatic heterocycles. The number of nitrogens with zero attached hydrogens (tertiary/aromatic N) is 2. The third-order valence-corrected chi connectivity index (χ3v) is 4.35. The van der Waals surface area contributed by atoms with E-state index in [9.17, 15) is 14.4 Å². The molecule has 0 spiro atoms. The first-order valence-corrected chi connectivity index (χ1v) is 8.14. The number of aromatic nitrogens is 1. The number of fused-ring (bicyclic) bond motifs is 1. The van der Waals surface area contributed by atoms with E-state index in [4.69, 9.17) is 0 Å². The Morgan fingerprint density at radius 3 is 2.12 bits per heavy atom. The minimum atomic E-state index is -0.309. The van der Waals surface area contributed by atoms with Crippen molar-refractivity contribution in [3.8, 4) is 0 Å². The van der Waals surface area contributed by atoms with Gasteiger partial charge in [0, 0.05) is 23.5 Å². The third kappa shape index (κ3) is 2.69. The summed E-state index contributed by atoms with van der Waals surface area (Å²) in [5.41, 5.74) is 2.60. The van der Waals surface area contributed by atoms with Gasteiger partial charge in [0.25, 0.3) is 11.8 Å². The zero-order valence-electron chi connectivity index (χ0n) is 13.8. The summed E-state index contributed by atoms with van der Waals surface area (Å²) >= 11 is 0. The van der Waals surface area contributed by atoms with Crippen LogP contribution in [0, 0.1) is 0 Å². The Hall–Kier alpha value is -3.60. The highest BCUT2D eigenvalue weighted by Crippen LogP contribution is 2.24. The number of carbonyl (C=O) groups excluding carboxylic acids is 3. The van der Waals surface area contributed by atoms with Crippen molar-refractivity contribution in [3.63, 3.8) is 0 Å². The highest BCUT2D eigenvalue weighted by atomic mass is 16.2. The van der Waals surface area contributed by atoms with E-state index in [0.717, 1.165) is 5.56 Å². The Balaban J connectivity index is 1.60. The molecule has 0 saturated carbocycles. The predicted octanol–water partition coefficient (Wildman–Crippen LogP) is 3.11. The van der Waals surface area contributed by atoms with Gasteiger partial charge in [-0.25, -0.2) is 0 Å². The second-order valence-corrected chi connectivity index (χ2v) is 6.01. The third-order valence-electron chi connectivity index (χ3n) is 4.35. The summed E-state index contributed by atoms with van der Waals surface area (Å²) in [5, 5.41) is 0. The van der Waals surface area contributed by atoms with Crippen LogP contribution in [0.5, 0.6) is 0 Å². The van der Waals surface area contributed by atoms with Crippen molar-refractivity contribution in [3.05, 3.63) is 101 Å². The lowest BCUT2D eigenvalue weighted by atomic mass is 10.0. The minimum absolute atomic E-state index is 0.128. The normalized spacial score (nSPS) is 13.0. The summed E-state index contributed by atoms with van der Waals surface area (Å²) in [6, 6.07) is 17.1. The second kappa shape index (κ2) is 6.37. The first kappa shape index (κ1) is 15.9. The van der Waals surface area contributed by atoms with Crippen molar-refractivity contribution in [1.29, 1.82) is 0 Å². The van der Waals surface area contributed by atoms with Gasteiger partial charge in [0.15, 0.2) is 5.78 Å². The molecule has 1 aliphatic heterocycles. The molecule has 4 rings (SSSR count). The summed E-state index contributed by atoms with van der Waals surface area (Å²) < 4.78 is 0. The molecule has 0 fully saturated rings. The van der Waals surface area contributed by atoms with Crippen molar-refractivity contribution in [2.45, 2.75) is 6.54 Å². The number of imide groups is 1. The van der Waals surface area contributed by atoms with Crippen molar-refractivity contribution < 1.29 is 14.4 Å². The van der Waals surface area contributed by atoms with Gasteiger partial charge in [-0.15, -0.1) is 0 Å². The fourth-order valence-corrected chi connectivity index (χ4v) is 3.05. The van der Waals surface area contributed by atoms with E-state index in [1.54, 1.807) is 73.1 Å². The summed E-state index contributed by atoms with van der Waals surface area (Å²) in [7, 11) is 0. The van der Waals surface area contributed by atoms with E-state index in [0.29, 0.717) is 22.3 Å². The molecule has 0 saturated heterocycles. The molecule has 5 heteroatoms. The lowest BCUT2D eigenvalue weighted by molar-refractivity contribution is 0.0642. The summed E-state index contributed by atoms with van der Waals surface area (Å²) in [6.07, 6.45) is 3.13. The molecular formula is C21H14N2O3. The van der Waals surface area contributed by atoms with Gasteiger partial charge in [-0.2, -0.15) is 0 Å². The van der Waals surface area contributed by atoms with Gasteiger partial charge in [0.1, 0.15) is 0 Å². The molecular weight excluding hydrogens is 328 g/mol. The molecule has 126 valence electrons. The van der Waals surface area contributed by atoms with Crippen molar-refractivity contribution in [2.24, 2.45) is 0 Å². The molecule has 0 N–H and O–H groups in total. The van der Waals surface area contributed by atoms with E-state index in [2.05, 4.69) is 4.98 Å². The van der Waals surface area contributed by atoms with Gasteiger partial charge < -0.3 is 0 Å². The molecule has 0 radical (unpaired) electrons. The number of carbonyl (C=O) groups is 3. The number of benzene rings is 2. The maximum absolute atomic E-state index is 12.6. The fourth-order valence-electron chi connectivity index (χ4n) is 3.05. The minimum Gasteiger partial charge on any atom is -0.289 e. The summed E-state index contributed by atoms with van der Waals surface area (Å²) in [4.78, 5) is 42.7. The van der Waals surface area contributed by atoms with Crippen molar-refractivity contribution >= 4 is 17.6 Å². The molecule has 2 heterocycles. The predicted molar refractivity (Wildman–Crippen MR) is 94.8 cm³/mol. The van der Waals surface area contributed by atoms with Crippen LogP contribution in [0.25, 0.3) is 0 Å². The van der Waals surface area contributed by atoms with E-state index in [1.165, 1.54) is 4.90 Å². The molecule has 26 heavy (non-hydrogen) atoms. The number of hydrogen-bond acceptors (Lipinski definition) is 4. The van der Waals surface area contributed by atoms with Gasteiger partial charge in [0.2, 0.25) is 0 Å². The summed E-state index contributed by atoms with van der Waals surface area (Å²) in [6.45, 7) is 0.129. The quantitative estimate of drug-likeness (QED) is 0.540. The first-order valence-electron chi connectivity index (χ1n) is 8.14. The maximum atomic E-state index is 12.6. The SMILES string of the molecule is O=C(c1ccncc1)c1cccc(CN2C(=O)c3ccccc3C2=O)c1. The molecule has 0 aliphatic carbocycles. The van der Waals surface area contributed by atoms with E-state index >= 15 is 0 Å². The van der Waals surface area contributed by atoms with Crippen LogP contribution in [-0.2, 0) is 6.54 Å². The number of pyridine rings is 1.